The van der Waals surface area contributed by atoms with Gasteiger partial charge in [-0.2, -0.15) is 5.10 Å². The van der Waals surface area contributed by atoms with Crippen molar-refractivity contribution < 1.29 is 19.0 Å². The van der Waals surface area contributed by atoms with Crippen LogP contribution in [0.15, 0.2) is 48.5 Å². The first kappa shape index (κ1) is 24.2. The molecule has 1 aliphatic rings. The van der Waals surface area contributed by atoms with Gasteiger partial charge in [-0.15, -0.1) is 0 Å². The van der Waals surface area contributed by atoms with Crippen molar-refractivity contribution in [3.63, 3.8) is 0 Å². The summed E-state index contributed by atoms with van der Waals surface area (Å²) in [6.45, 7) is 6.56. The number of anilines is 1. The second-order valence-electron chi connectivity index (χ2n) is 8.35. The van der Waals surface area contributed by atoms with Crippen molar-refractivity contribution >= 4 is 17.9 Å². The van der Waals surface area contributed by atoms with Crippen LogP contribution in [0.2, 0.25) is 0 Å². The molecule has 182 valence electrons. The summed E-state index contributed by atoms with van der Waals surface area (Å²) in [5, 5.41) is 14.2. The highest BCUT2D eigenvalue weighted by atomic mass is 32.1. The second-order valence-corrected chi connectivity index (χ2v) is 8.72. The van der Waals surface area contributed by atoms with E-state index in [0.717, 1.165) is 31.9 Å². The monoisotopic (exact) mass is 487 g/mol. The van der Waals surface area contributed by atoms with Gasteiger partial charge in [0, 0.05) is 39.0 Å². The van der Waals surface area contributed by atoms with E-state index in [4.69, 9.17) is 26.8 Å². The summed E-state index contributed by atoms with van der Waals surface area (Å²) in [7, 11) is 1.65. The van der Waals surface area contributed by atoms with Crippen LogP contribution >= 0.6 is 12.2 Å². The van der Waals surface area contributed by atoms with Crippen LogP contribution in [0.25, 0.3) is 0 Å². The predicted molar refractivity (Wildman–Crippen MR) is 130 cm³/mol. The Morgan fingerprint density at radius 2 is 1.79 bits per heavy atom. The highest BCUT2D eigenvalue weighted by Gasteiger charge is 2.21. The Kier molecular flexibility index (Phi) is 7.81. The molecular weight excluding hydrogens is 457 g/mol. The minimum Gasteiger partial charge on any atom is -0.508 e. The Morgan fingerprint density at radius 3 is 2.47 bits per heavy atom. The summed E-state index contributed by atoms with van der Waals surface area (Å²) in [6.07, 6.45) is 0. The Hall–Kier alpha value is -2.95. The van der Waals surface area contributed by atoms with E-state index in [-0.39, 0.29) is 24.1 Å². The highest BCUT2D eigenvalue weighted by Crippen LogP contribution is 2.21. The van der Waals surface area contributed by atoms with Crippen LogP contribution < -0.4 is 9.64 Å². The Balaban J connectivity index is 1.46. The standard InChI is InChI=1S/C24H30FN5O3S/c1-18(15-32-2)30-23(16-33-22-6-4-3-5-21(22)25)26-29(24(30)34)17-27-11-13-28(14-12-27)19-7-9-20(31)10-8-19/h3-10,18,31H,11-17H2,1-2H3/t18-/m1/s1. The van der Waals surface area contributed by atoms with Gasteiger partial charge in [-0.1, -0.05) is 12.1 Å². The first-order valence-electron chi connectivity index (χ1n) is 11.3. The number of hydrogen-bond acceptors (Lipinski definition) is 7. The summed E-state index contributed by atoms with van der Waals surface area (Å²) in [5.41, 5.74) is 1.10. The van der Waals surface area contributed by atoms with Crippen LogP contribution in [0.5, 0.6) is 11.5 Å². The molecule has 1 saturated heterocycles. The third kappa shape index (κ3) is 5.57. The van der Waals surface area contributed by atoms with Gasteiger partial charge in [-0.3, -0.25) is 9.47 Å². The zero-order chi connectivity index (χ0) is 24.1. The van der Waals surface area contributed by atoms with Gasteiger partial charge in [0.1, 0.15) is 12.4 Å². The summed E-state index contributed by atoms with van der Waals surface area (Å²) in [6, 6.07) is 13.6. The number of piperazine rings is 1. The van der Waals surface area contributed by atoms with Crippen molar-refractivity contribution in [2.24, 2.45) is 0 Å². The number of aromatic nitrogens is 3. The minimum absolute atomic E-state index is 0.0446. The summed E-state index contributed by atoms with van der Waals surface area (Å²) in [5.74, 6) is 0.660. The van der Waals surface area contributed by atoms with Crippen molar-refractivity contribution in [2.45, 2.75) is 26.2 Å². The van der Waals surface area contributed by atoms with Gasteiger partial charge in [0.05, 0.1) is 19.3 Å². The number of phenolic OH excluding ortho intramolecular Hbond substituents is 1. The van der Waals surface area contributed by atoms with Crippen LogP contribution in [-0.4, -0.2) is 64.2 Å². The molecule has 34 heavy (non-hydrogen) atoms. The molecule has 0 aliphatic carbocycles. The largest absolute Gasteiger partial charge is 0.508 e. The van der Waals surface area contributed by atoms with Gasteiger partial charge < -0.3 is 19.5 Å². The first-order valence-corrected chi connectivity index (χ1v) is 11.7. The molecule has 0 radical (unpaired) electrons. The Bertz CT molecular complexity index is 1140. The van der Waals surface area contributed by atoms with E-state index >= 15 is 0 Å². The van der Waals surface area contributed by atoms with Crippen molar-refractivity contribution in [1.82, 2.24) is 19.2 Å². The molecule has 0 unspecified atom stereocenters. The van der Waals surface area contributed by atoms with E-state index in [0.29, 0.717) is 23.9 Å². The van der Waals surface area contributed by atoms with Gasteiger partial charge in [-0.05, 0) is 55.5 Å². The lowest BCUT2D eigenvalue weighted by atomic mass is 10.2. The second kappa shape index (κ2) is 11.0. The molecule has 1 N–H and O–H groups in total. The van der Waals surface area contributed by atoms with Gasteiger partial charge in [0.15, 0.2) is 22.2 Å². The number of methoxy groups -OCH3 is 1. The quantitative estimate of drug-likeness (QED) is 0.460. The maximum Gasteiger partial charge on any atom is 0.199 e. The summed E-state index contributed by atoms with van der Waals surface area (Å²) < 4.78 is 29.4. The van der Waals surface area contributed by atoms with Gasteiger partial charge in [0.2, 0.25) is 0 Å². The average Bonchev–Trinajstić information content (AvgIpc) is 3.14. The molecule has 0 spiro atoms. The molecule has 3 aromatic rings. The molecule has 10 heteroatoms. The lowest BCUT2D eigenvalue weighted by Crippen LogP contribution is -2.47. The zero-order valence-electron chi connectivity index (χ0n) is 19.4. The fourth-order valence-corrected chi connectivity index (χ4v) is 4.50. The van der Waals surface area contributed by atoms with Crippen LogP contribution in [0.4, 0.5) is 10.1 Å². The SMILES string of the molecule is COC[C@@H](C)n1c(COc2ccccc2F)nn(CN2CCN(c3ccc(O)cc3)CC2)c1=S. The van der Waals surface area contributed by atoms with Crippen LogP contribution in [-0.2, 0) is 18.0 Å². The topological polar surface area (TPSA) is 67.9 Å². The predicted octanol–water partition coefficient (Wildman–Crippen LogP) is 3.82. The third-order valence-electron chi connectivity index (χ3n) is 5.90. The molecule has 1 atom stereocenters. The van der Waals surface area contributed by atoms with E-state index in [1.165, 1.54) is 6.07 Å². The Labute approximate surface area is 203 Å². The highest BCUT2D eigenvalue weighted by molar-refractivity contribution is 7.71. The third-order valence-corrected chi connectivity index (χ3v) is 6.31. The van der Waals surface area contributed by atoms with Gasteiger partial charge in [0.25, 0.3) is 0 Å². The first-order chi connectivity index (χ1) is 16.5. The molecule has 0 saturated carbocycles. The molecule has 1 aromatic heterocycles. The normalized spacial score (nSPS) is 15.4. The van der Waals surface area contributed by atoms with Crippen LogP contribution in [0.3, 0.4) is 0 Å². The van der Waals surface area contributed by atoms with Crippen molar-refractivity contribution in [2.75, 3.05) is 44.8 Å². The molecule has 2 heterocycles. The number of para-hydroxylation sites is 1. The number of aromatic hydroxyl groups is 1. The molecule has 2 aromatic carbocycles. The fraction of sp³-hybridized carbons (Fsp3) is 0.417. The molecule has 0 amide bonds. The van der Waals surface area contributed by atoms with Crippen LogP contribution in [0.1, 0.15) is 18.8 Å². The maximum atomic E-state index is 14.0. The number of ether oxygens (including phenoxy) is 2. The van der Waals surface area contributed by atoms with E-state index in [1.807, 2.05) is 23.6 Å². The van der Waals surface area contributed by atoms with Crippen molar-refractivity contribution in [3.8, 4) is 11.5 Å². The smallest absolute Gasteiger partial charge is 0.199 e. The molecule has 8 nitrogen and oxygen atoms in total. The van der Waals surface area contributed by atoms with Gasteiger partial charge in [-0.25, -0.2) is 9.07 Å². The number of halogens is 1. The van der Waals surface area contributed by atoms with Gasteiger partial charge >= 0.3 is 0 Å². The number of rotatable bonds is 9. The average molecular weight is 488 g/mol. The molecule has 1 aliphatic heterocycles. The van der Waals surface area contributed by atoms with E-state index in [2.05, 4.69) is 9.80 Å². The lowest BCUT2D eigenvalue weighted by Gasteiger charge is -2.35. The molecular formula is C24H30FN5O3S. The van der Waals surface area contributed by atoms with E-state index in [1.54, 1.807) is 42.1 Å². The zero-order valence-corrected chi connectivity index (χ0v) is 20.2. The fourth-order valence-electron chi connectivity index (χ4n) is 4.12. The molecule has 0 bridgehead atoms. The molecule has 4 rings (SSSR count). The summed E-state index contributed by atoms with van der Waals surface area (Å²) in [4.78, 5) is 4.59. The van der Waals surface area contributed by atoms with Crippen molar-refractivity contribution in [3.05, 3.63) is 64.9 Å². The number of phenols is 1. The minimum atomic E-state index is -0.413. The maximum absolute atomic E-state index is 14.0. The summed E-state index contributed by atoms with van der Waals surface area (Å²) >= 11 is 5.76. The number of benzene rings is 2. The number of nitrogens with zero attached hydrogens (tertiary/aromatic N) is 5. The molecule has 1 fully saturated rings. The number of hydrogen-bond donors (Lipinski definition) is 1. The van der Waals surface area contributed by atoms with E-state index in [9.17, 15) is 9.50 Å². The van der Waals surface area contributed by atoms with E-state index < -0.39 is 5.82 Å². The van der Waals surface area contributed by atoms with Crippen molar-refractivity contribution in [1.29, 1.82) is 0 Å². The Morgan fingerprint density at radius 1 is 1.09 bits per heavy atom. The lowest BCUT2D eigenvalue weighted by molar-refractivity contribution is 0.156. The van der Waals surface area contributed by atoms with Crippen LogP contribution in [0, 0.1) is 10.6 Å².